The number of benzene rings is 1. The molecular weight excluding hydrogens is 286 g/mol. The average Bonchev–Trinajstić information content (AvgIpc) is 2.47. The van der Waals surface area contributed by atoms with Crippen molar-refractivity contribution in [3.63, 3.8) is 0 Å². The largest absolute Gasteiger partial charge is 0.497 e. The summed E-state index contributed by atoms with van der Waals surface area (Å²) in [6, 6.07) is 5.86. The summed E-state index contributed by atoms with van der Waals surface area (Å²) in [5.41, 5.74) is 2.27. The Labute approximate surface area is 138 Å². The molecule has 1 aromatic carbocycles. The van der Waals surface area contributed by atoms with Crippen molar-refractivity contribution in [3.05, 3.63) is 23.8 Å². The van der Waals surface area contributed by atoms with Crippen molar-refractivity contribution in [1.29, 1.82) is 0 Å². The van der Waals surface area contributed by atoms with Crippen LogP contribution in [-0.2, 0) is 4.79 Å². The van der Waals surface area contributed by atoms with Crippen LogP contribution in [0.2, 0.25) is 0 Å². The number of carbonyl (C=O) groups is 1. The molecule has 4 bridgehead atoms. The average molecular weight is 313 g/mol. The van der Waals surface area contributed by atoms with Crippen molar-refractivity contribution in [2.24, 2.45) is 23.2 Å². The zero-order valence-electron chi connectivity index (χ0n) is 14.2. The zero-order chi connectivity index (χ0) is 16.0. The van der Waals surface area contributed by atoms with Gasteiger partial charge in [-0.25, -0.2) is 0 Å². The molecule has 0 unspecified atom stereocenters. The topological polar surface area (TPSA) is 38.3 Å². The van der Waals surface area contributed by atoms with Gasteiger partial charge in [-0.15, -0.1) is 0 Å². The quantitative estimate of drug-likeness (QED) is 0.885. The molecule has 0 aromatic heterocycles. The van der Waals surface area contributed by atoms with E-state index in [4.69, 9.17) is 4.74 Å². The molecule has 23 heavy (non-hydrogen) atoms. The maximum Gasteiger partial charge on any atom is 0.224 e. The lowest BCUT2D eigenvalue weighted by Crippen LogP contribution is -2.47. The predicted octanol–water partition coefficient (Wildman–Crippen LogP) is 4.55. The van der Waals surface area contributed by atoms with Gasteiger partial charge < -0.3 is 10.1 Å². The highest BCUT2D eigenvalue weighted by Gasteiger charge is 2.51. The van der Waals surface area contributed by atoms with Gasteiger partial charge in [0.1, 0.15) is 5.75 Å². The van der Waals surface area contributed by atoms with E-state index in [-0.39, 0.29) is 5.91 Å². The fourth-order valence-corrected chi connectivity index (χ4v) is 5.90. The fraction of sp³-hybridized carbons (Fsp3) is 0.650. The molecule has 0 aliphatic heterocycles. The maximum atomic E-state index is 12.7. The number of methoxy groups -OCH3 is 1. The van der Waals surface area contributed by atoms with Crippen LogP contribution in [0.1, 0.15) is 50.5 Å². The number of hydrogen-bond donors (Lipinski definition) is 1. The molecule has 0 saturated heterocycles. The first kappa shape index (κ1) is 15.0. The van der Waals surface area contributed by atoms with Gasteiger partial charge >= 0.3 is 0 Å². The van der Waals surface area contributed by atoms with E-state index in [2.05, 4.69) is 5.32 Å². The molecule has 3 heteroatoms. The summed E-state index contributed by atoms with van der Waals surface area (Å²) in [6.07, 6.45) is 8.82. The molecule has 1 amide bonds. The van der Waals surface area contributed by atoms with E-state index in [1.54, 1.807) is 7.11 Å². The van der Waals surface area contributed by atoms with Gasteiger partial charge in [-0.3, -0.25) is 4.79 Å². The van der Waals surface area contributed by atoms with E-state index in [0.29, 0.717) is 11.8 Å². The molecule has 4 saturated carbocycles. The van der Waals surface area contributed by atoms with Crippen molar-refractivity contribution < 1.29 is 9.53 Å². The molecule has 0 spiro atoms. The van der Waals surface area contributed by atoms with E-state index < -0.39 is 0 Å². The van der Waals surface area contributed by atoms with Crippen LogP contribution in [0.4, 0.5) is 5.69 Å². The predicted molar refractivity (Wildman–Crippen MR) is 91.6 cm³/mol. The summed E-state index contributed by atoms with van der Waals surface area (Å²) in [4.78, 5) is 12.7. The maximum absolute atomic E-state index is 12.7. The summed E-state index contributed by atoms with van der Waals surface area (Å²) in [5, 5.41) is 3.14. The monoisotopic (exact) mass is 313 g/mol. The summed E-state index contributed by atoms with van der Waals surface area (Å²) in [5.74, 6) is 3.66. The first-order chi connectivity index (χ1) is 11.0. The fourth-order valence-electron chi connectivity index (χ4n) is 5.90. The normalized spacial score (nSPS) is 34.4. The van der Waals surface area contributed by atoms with Crippen LogP contribution >= 0.6 is 0 Å². The Morgan fingerprint density at radius 1 is 1.17 bits per heavy atom. The van der Waals surface area contributed by atoms with Crippen molar-refractivity contribution in [3.8, 4) is 5.75 Å². The number of aryl methyl sites for hydroxylation is 1. The molecule has 4 aliphatic carbocycles. The van der Waals surface area contributed by atoms with Gasteiger partial charge in [-0.05, 0) is 80.2 Å². The van der Waals surface area contributed by atoms with Crippen LogP contribution in [-0.4, -0.2) is 13.0 Å². The Morgan fingerprint density at radius 2 is 1.78 bits per heavy atom. The number of amides is 1. The third-order valence-electron chi connectivity index (χ3n) is 6.42. The second-order valence-electron chi connectivity index (χ2n) is 8.32. The molecule has 4 aliphatic rings. The lowest BCUT2D eigenvalue weighted by molar-refractivity contribution is -0.124. The summed E-state index contributed by atoms with van der Waals surface area (Å²) >= 11 is 0. The van der Waals surface area contributed by atoms with Crippen molar-refractivity contribution in [2.75, 3.05) is 12.4 Å². The van der Waals surface area contributed by atoms with E-state index in [1.165, 1.54) is 38.5 Å². The van der Waals surface area contributed by atoms with Crippen LogP contribution in [0.3, 0.4) is 0 Å². The number of anilines is 1. The highest BCUT2D eigenvalue weighted by molar-refractivity contribution is 5.92. The summed E-state index contributed by atoms with van der Waals surface area (Å²) in [6.45, 7) is 2.03. The van der Waals surface area contributed by atoms with Crippen LogP contribution in [0.15, 0.2) is 18.2 Å². The van der Waals surface area contributed by atoms with E-state index in [9.17, 15) is 4.79 Å². The number of carbonyl (C=O) groups excluding carboxylic acids is 1. The number of rotatable bonds is 4. The van der Waals surface area contributed by atoms with E-state index in [1.807, 2.05) is 25.1 Å². The lowest BCUT2D eigenvalue weighted by atomic mass is 9.49. The van der Waals surface area contributed by atoms with Gasteiger partial charge in [-0.2, -0.15) is 0 Å². The summed E-state index contributed by atoms with van der Waals surface area (Å²) in [7, 11) is 1.66. The molecule has 1 N–H and O–H groups in total. The van der Waals surface area contributed by atoms with Crippen LogP contribution in [0, 0.1) is 30.1 Å². The third-order valence-corrected chi connectivity index (χ3v) is 6.42. The lowest BCUT2D eigenvalue weighted by Gasteiger charge is -2.56. The standard InChI is InChI=1S/C20H27NO2/c1-13-3-4-17(23-2)8-18(13)21-19(22)12-20-9-14-5-15(10-20)7-16(6-14)11-20/h3-4,8,14-16H,5-7,9-12H2,1-2H3,(H,21,22). The minimum Gasteiger partial charge on any atom is -0.497 e. The Balaban J connectivity index is 1.46. The molecular formula is C20H27NO2. The molecule has 5 rings (SSSR count). The Morgan fingerprint density at radius 3 is 2.35 bits per heavy atom. The second-order valence-corrected chi connectivity index (χ2v) is 8.32. The minimum absolute atomic E-state index is 0.184. The van der Waals surface area contributed by atoms with Crippen molar-refractivity contribution in [1.82, 2.24) is 0 Å². The zero-order valence-corrected chi connectivity index (χ0v) is 14.2. The first-order valence-corrected chi connectivity index (χ1v) is 9.00. The van der Waals surface area contributed by atoms with Crippen LogP contribution < -0.4 is 10.1 Å². The highest BCUT2D eigenvalue weighted by Crippen LogP contribution is 2.61. The summed E-state index contributed by atoms with van der Waals surface area (Å²) < 4.78 is 5.27. The molecule has 4 fully saturated rings. The highest BCUT2D eigenvalue weighted by atomic mass is 16.5. The third kappa shape index (κ3) is 2.86. The van der Waals surface area contributed by atoms with Gasteiger partial charge in [0.2, 0.25) is 5.91 Å². The number of hydrogen-bond acceptors (Lipinski definition) is 2. The number of nitrogens with one attached hydrogen (secondary N) is 1. The second kappa shape index (κ2) is 5.54. The minimum atomic E-state index is 0.184. The SMILES string of the molecule is COc1ccc(C)c(NC(=O)CC23CC4CC(CC(C4)C2)C3)c1. The van der Waals surface area contributed by atoms with Crippen molar-refractivity contribution in [2.45, 2.75) is 51.9 Å². The molecule has 0 heterocycles. The van der Waals surface area contributed by atoms with Gasteiger partial charge in [0.05, 0.1) is 7.11 Å². The molecule has 3 nitrogen and oxygen atoms in total. The number of ether oxygens (including phenoxy) is 1. The molecule has 0 radical (unpaired) electrons. The van der Waals surface area contributed by atoms with Crippen LogP contribution in [0.25, 0.3) is 0 Å². The Hall–Kier alpha value is -1.51. The Kier molecular flexibility index (Phi) is 3.62. The molecule has 1 aromatic rings. The van der Waals surface area contributed by atoms with E-state index >= 15 is 0 Å². The van der Waals surface area contributed by atoms with Crippen molar-refractivity contribution >= 4 is 11.6 Å². The van der Waals surface area contributed by atoms with Gasteiger partial charge in [0.15, 0.2) is 0 Å². The smallest absolute Gasteiger partial charge is 0.224 e. The molecule has 0 atom stereocenters. The molecule has 124 valence electrons. The van der Waals surface area contributed by atoms with E-state index in [0.717, 1.165) is 34.8 Å². The van der Waals surface area contributed by atoms with Gasteiger partial charge in [0.25, 0.3) is 0 Å². The first-order valence-electron chi connectivity index (χ1n) is 9.00. The van der Waals surface area contributed by atoms with Gasteiger partial charge in [0, 0.05) is 18.2 Å². The van der Waals surface area contributed by atoms with Crippen LogP contribution in [0.5, 0.6) is 5.75 Å². The Bertz CT molecular complexity index is 587. The van der Waals surface area contributed by atoms with Gasteiger partial charge in [-0.1, -0.05) is 6.07 Å².